The van der Waals surface area contributed by atoms with Crippen LogP contribution in [-0.2, 0) is 14.3 Å². The highest BCUT2D eigenvalue weighted by atomic mass is 16.5. The fraction of sp³-hybridized carbons (Fsp3) is 0.833. The Morgan fingerprint density at radius 2 is 1.65 bits per heavy atom. The minimum atomic E-state index is -0.902. The molecule has 1 aliphatic heterocycles. The average molecular weight is 241 g/mol. The van der Waals surface area contributed by atoms with E-state index in [0.717, 1.165) is 25.7 Å². The van der Waals surface area contributed by atoms with Crippen molar-refractivity contribution in [2.75, 3.05) is 13.2 Å². The predicted octanol–water partition coefficient (Wildman–Crippen LogP) is 1.02. The summed E-state index contributed by atoms with van der Waals surface area (Å²) in [7, 11) is 0. The number of carbonyl (C=O) groups excluding carboxylic acids is 1. The number of amides is 1. The molecule has 1 amide bonds. The number of carboxylic acid groups (broad SMARTS) is 1. The summed E-state index contributed by atoms with van der Waals surface area (Å²) in [6, 6.07) is 0.622. The van der Waals surface area contributed by atoms with E-state index in [2.05, 4.69) is 0 Å². The standard InChI is InChI=1S/C12H19NO4/c14-11(3-4-12(15)16)13(9-1-2-9)10-5-7-17-8-6-10/h9-10H,1-8H2,(H,15,16). The molecule has 1 saturated heterocycles. The zero-order valence-electron chi connectivity index (χ0n) is 9.93. The van der Waals surface area contributed by atoms with Crippen LogP contribution in [0.25, 0.3) is 0 Å². The van der Waals surface area contributed by atoms with Crippen LogP contribution in [0.3, 0.4) is 0 Å². The third-order valence-electron chi connectivity index (χ3n) is 3.37. The van der Waals surface area contributed by atoms with Gasteiger partial charge in [-0.2, -0.15) is 0 Å². The van der Waals surface area contributed by atoms with Gasteiger partial charge in [0.2, 0.25) is 5.91 Å². The Morgan fingerprint density at radius 3 is 2.18 bits per heavy atom. The molecule has 2 fully saturated rings. The summed E-state index contributed by atoms with van der Waals surface area (Å²) in [5.74, 6) is -0.900. The van der Waals surface area contributed by atoms with Gasteiger partial charge in [-0.1, -0.05) is 0 Å². The first-order valence-electron chi connectivity index (χ1n) is 6.29. The van der Waals surface area contributed by atoms with Gasteiger partial charge in [-0.05, 0) is 25.7 Å². The summed E-state index contributed by atoms with van der Waals surface area (Å²) in [4.78, 5) is 24.5. The molecule has 5 nitrogen and oxygen atoms in total. The van der Waals surface area contributed by atoms with Crippen LogP contribution in [0.1, 0.15) is 38.5 Å². The average Bonchev–Trinajstić information content (AvgIpc) is 3.12. The molecule has 0 aromatic carbocycles. The minimum Gasteiger partial charge on any atom is -0.481 e. The van der Waals surface area contributed by atoms with Gasteiger partial charge in [0.05, 0.1) is 6.42 Å². The van der Waals surface area contributed by atoms with Crippen LogP contribution in [0.4, 0.5) is 0 Å². The van der Waals surface area contributed by atoms with E-state index < -0.39 is 5.97 Å². The quantitative estimate of drug-likeness (QED) is 0.780. The van der Waals surface area contributed by atoms with E-state index >= 15 is 0 Å². The third-order valence-corrected chi connectivity index (χ3v) is 3.37. The first kappa shape index (κ1) is 12.4. The maximum atomic E-state index is 12.1. The number of carboxylic acids is 1. The van der Waals surface area contributed by atoms with E-state index in [1.165, 1.54) is 0 Å². The Kier molecular flexibility index (Phi) is 3.99. The Balaban J connectivity index is 1.91. The van der Waals surface area contributed by atoms with Gasteiger partial charge in [-0.15, -0.1) is 0 Å². The van der Waals surface area contributed by atoms with E-state index in [4.69, 9.17) is 9.84 Å². The van der Waals surface area contributed by atoms with Crippen molar-refractivity contribution in [1.82, 2.24) is 4.90 Å². The SMILES string of the molecule is O=C(O)CCC(=O)N(C1CCOCC1)C1CC1. The molecule has 96 valence electrons. The van der Waals surface area contributed by atoms with Gasteiger partial charge in [-0.3, -0.25) is 9.59 Å². The largest absolute Gasteiger partial charge is 0.481 e. The van der Waals surface area contributed by atoms with Gasteiger partial charge in [-0.25, -0.2) is 0 Å². The van der Waals surface area contributed by atoms with Crippen LogP contribution in [0.5, 0.6) is 0 Å². The maximum absolute atomic E-state index is 12.1. The molecule has 0 spiro atoms. The molecule has 0 radical (unpaired) electrons. The van der Waals surface area contributed by atoms with Crippen molar-refractivity contribution in [3.05, 3.63) is 0 Å². The van der Waals surface area contributed by atoms with E-state index in [1.54, 1.807) is 0 Å². The number of hydrogen-bond donors (Lipinski definition) is 1. The van der Waals surface area contributed by atoms with Crippen molar-refractivity contribution < 1.29 is 19.4 Å². The fourth-order valence-corrected chi connectivity index (χ4v) is 2.36. The second-order valence-corrected chi connectivity index (χ2v) is 4.77. The third kappa shape index (κ3) is 3.43. The first-order valence-corrected chi connectivity index (χ1v) is 6.29. The molecule has 5 heteroatoms. The number of carbonyl (C=O) groups is 2. The second-order valence-electron chi connectivity index (χ2n) is 4.77. The molecular weight excluding hydrogens is 222 g/mol. The molecule has 2 aliphatic rings. The lowest BCUT2D eigenvalue weighted by Crippen LogP contribution is -2.44. The van der Waals surface area contributed by atoms with Crippen molar-refractivity contribution in [1.29, 1.82) is 0 Å². The number of rotatable bonds is 5. The van der Waals surface area contributed by atoms with Gasteiger partial charge >= 0.3 is 5.97 Å². The van der Waals surface area contributed by atoms with Crippen molar-refractivity contribution in [3.8, 4) is 0 Å². The molecular formula is C12H19NO4. The van der Waals surface area contributed by atoms with Crippen LogP contribution in [0, 0.1) is 0 Å². The van der Waals surface area contributed by atoms with E-state index in [1.807, 2.05) is 4.90 Å². The van der Waals surface area contributed by atoms with Crippen molar-refractivity contribution in [2.24, 2.45) is 0 Å². The smallest absolute Gasteiger partial charge is 0.303 e. The lowest BCUT2D eigenvalue weighted by molar-refractivity contribution is -0.143. The molecule has 1 heterocycles. The van der Waals surface area contributed by atoms with Gasteiger partial charge < -0.3 is 14.7 Å². The van der Waals surface area contributed by atoms with Gasteiger partial charge in [0.25, 0.3) is 0 Å². The molecule has 1 N–H and O–H groups in total. The highest BCUT2D eigenvalue weighted by molar-refractivity contribution is 5.81. The maximum Gasteiger partial charge on any atom is 0.303 e. The summed E-state index contributed by atoms with van der Waals surface area (Å²) < 4.78 is 5.30. The molecule has 0 atom stereocenters. The summed E-state index contributed by atoms with van der Waals surface area (Å²) in [6.45, 7) is 1.42. The van der Waals surface area contributed by atoms with Crippen molar-refractivity contribution in [2.45, 2.75) is 50.6 Å². The highest BCUT2D eigenvalue weighted by Gasteiger charge is 2.37. The summed E-state index contributed by atoms with van der Waals surface area (Å²) in [5.41, 5.74) is 0. The highest BCUT2D eigenvalue weighted by Crippen LogP contribution is 2.32. The molecule has 0 bridgehead atoms. The predicted molar refractivity (Wildman–Crippen MR) is 60.6 cm³/mol. The lowest BCUT2D eigenvalue weighted by Gasteiger charge is -2.34. The van der Waals surface area contributed by atoms with Crippen molar-refractivity contribution >= 4 is 11.9 Å². The molecule has 2 rings (SSSR count). The van der Waals surface area contributed by atoms with Crippen LogP contribution >= 0.6 is 0 Å². The fourth-order valence-electron chi connectivity index (χ4n) is 2.36. The number of nitrogens with zero attached hydrogens (tertiary/aromatic N) is 1. The van der Waals surface area contributed by atoms with Crippen LogP contribution in [0.2, 0.25) is 0 Å². The normalized spacial score (nSPS) is 21.2. The lowest BCUT2D eigenvalue weighted by atomic mass is 10.1. The molecule has 0 unspecified atom stereocenters. The first-order chi connectivity index (χ1) is 8.18. The van der Waals surface area contributed by atoms with Crippen LogP contribution in [0.15, 0.2) is 0 Å². The zero-order valence-corrected chi connectivity index (χ0v) is 9.93. The van der Waals surface area contributed by atoms with Gasteiger partial charge in [0.15, 0.2) is 0 Å². The number of aliphatic carboxylic acids is 1. The molecule has 0 aromatic heterocycles. The van der Waals surface area contributed by atoms with E-state index in [-0.39, 0.29) is 24.8 Å². The van der Waals surface area contributed by atoms with E-state index in [9.17, 15) is 9.59 Å². The van der Waals surface area contributed by atoms with Crippen LogP contribution < -0.4 is 0 Å². The van der Waals surface area contributed by atoms with Gasteiger partial charge in [0.1, 0.15) is 0 Å². The zero-order chi connectivity index (χ0) is 12.3. The second kappa shape index (κ2) is 5.49. The minimum absolute atomic E-state index is 0.00167. The van der Waals surface area contributed by atoms with Gasteiger partial charge in [0, 0.05) is 31.7 Å². The molecule has 17 heavy (non-hydrogen) atoms. The number of ether oxygens (including phenoxy) is 1. The molecule has 1 aliphatic carbocycles. The Hall–Kier alpha value is -1.10. The monoisotopic (exact) mass is 241 g/mol. The number of hydrogen-bond acceptors (Lipinski definition) is 3. The molecule has 0 aromatic rings. The Labute approximate surface area is 101 Å². The summed E-state index contributed by atoms with van der Waals surface area (Å²) >= 11 is 0. The topological polar surface area (TPSA) is 66.8 Å². The molecule has 1 saturated carbocycles. The Bertz CT molecular complexity index is 295. The summed E-state index contributed by atoms with van der Waals surface area (Å²) in [5, 5.41) is 8.62. The van der Waals surface area contributed by atoms with E-state index in [0.29, 0.717) is 19.3 Å². The summed E-state index contributed by atoms with van der Waals surface area (Å²) in [6.07, 6.45) is 3.96. The van der Waals surface area contributed by atoms with Crippen molar-refractivity contribution in [3.63, 3.8) is 0 Å². The Morgan fingerprint density at radius 1 is 1.06 bits per heavy atom. The van der Waals surface area contributed by atoms with Crippen LogP contribution in [-0.4, -0.2) is 47.2 Å².